The fourth-order valence-corrected chi connectivity index (χ4v) is 5.87. The molecule has 1 saturated heterocycles. The summed E-state index contributed by atoms with van der Waals surface area (Å²) in [5.41, 5.74) is 3.00. The van der Waals surface area contributed by atoms with Gasteiger partial charge in [-0.15, -0.1) is 5.43 Å². The van der Waals surface area contributed by atoms with Gasteiger partial charge in [0.15, 0.2) is 15.4 Å². The van der Waals surface area contributed by atoms with Crippen LogP contribution in [-0.2, 0) is 14.6 Å². The molecule has 1 amide bonds. The van der Waals surface area contributed by atoms with Crippen molar-refractivity contribution in [3.8, 4) is 6.07 Å². The summed E-state index contributed by atoms with van der Waals surface area (Å²) >= 11 is 0. The van der Waals surface area contributed by atoms with E-state index >= 15 is 0 Å². The predicted octanol–water partition coefficient (Wildman–Crippen LogP) is 2.41. The van der Waals surface area contributed by atoms with Gasteiger partial charge in [-0.05, 0) is 63.8 Å². The van der Waals surface area contributed by atoms with E-state index in [0.717, 1.165) is 23.4 Å². The fourth-order valence-electron chi connectivity index (χ4n) is 5.24. The molecule has 0 bridgehead atoms. The highest BCUT2D eigenvalue weighted by molar-refractivity contribution is 7.90. The SMILES string of the molecule is CC1CN(c2ccc(S(C)(=O)=O)cc2)C(C)CN1C(=O)[C@@H]1CCCC[C@H]1[N+](=O)NC1(C#N)CC1. The number of hydrazine groups is 1. The number of nitrogens with one attached hydrogen (secondary N) is 1. The maximum absolute atomic E-state index is 13.7. The summed E-state index contributed by atoms with van der Waals surface area (Å²) < 4.78 is 23.5. The average Bonchev–Trinajstić information content (AvgIpc) is 3.59. The molecule has 0 aromatic heterocycles. The molecule has 1 heterocycles. The zero-order chi connectivity index (χ0) is 24.7. The molecule has 10 heteroatoms. The Bertz CT molecular complexity index is 1090. The predicted molar refractivity (Wildman–Crippen MR) is 128 cm³/mol. The van der Waals surface area contributed by atoms with Gasteiger partial charge >= 0.3 is 0 Å². The zero-order valence-corrected chi connectivity index (χ0v) is 20.9. The van der Waals surface area contributed by atoms with Gasteiger partial charge in [0.1, 0.15) is 10.8 Å². The first-order valence-electron chi connectivity index (χ1n) is 12.1. The molecule has 3 fully saturated rings. The molecule has 34 heavy (non-hydrogen) atoms. The first-order chi connectivity index (χ1) is 16.0. The van der Waals surface area contributed by atoms with E-state index < -0.39 is 21.4 Å². The van der Waals surface area contributed by atoms with E-state index in [1.165, 1.54) is 6.26 Å². The van der Waals surface area contributed by atoms with Crippen molar-refractivity contribution in [1.82, 2.24) is 10.3 Å². The van der Waals surface area contributed by atoms with Gasteiger partial charge in [-0.25, -0.2) is 8.42 Å². The molecule has 9 nitrogen and oxygen atoms in total. The number of piperazine rings is 1. The second kappa shape index (κ2) is 9.17. The van der Waals surface area contributed by atoms with Crippen molar-refractivity contribution in [2.24, 2.45) is 5.92 Å². The lowest BCUT2D eigenvalue weighted by molar-refractivity contribution is -0.653. The van der Waals surface area contributed by atoms with Crippen LogP contribution in [0.2, 0.25) is 0 Å². The van der Waals surface area contributed by atoms with Gasteiger partial charge in [-0.3, -0.25) is 4.79 Å². The van der Waals surface area contributed by atoms with Gasteiger partial charge in [0.05, 0.1) is 15.9 Å². The topological polar surface area (TPSA) is 114 Å². The van der Waals surface area contributed by atoms with Crippen molar-refractivity contribution in [3.05, 3.63) is 29.2 Å². The Balaban J connectivity index is 1.45. The maximum atomic E-state index is 13.7. The van der Waals surface area contributed by atoms with Crippen LogP contribution in [0.4, 0.5) is 5.69 Å². The standard InChI is InChI=1S/C24H34N5O4S/c1-17-15-28(18(2)14-27(17)19-8-10-20(11-9-19)34(3,32)33)23(30)21-6-4-5-7-22(21)29(31)26-24(16-25)12-13-24/h8-11,17-18,21-22H,4-7,12-15H2,1-3H3,(H,26,31)/q+1/t17?,18?,21-,22-/m1/s1. The van der Waals surface area contributed by atoms with Crippen molar-refractivity contribution >= 4 is 21.4 Å². The van der Waals surface area contributed by atoms with E-state index in [-0.39, 0.29) is 28.8 Å². The zero-order valence-electron chi connectivity index (χ0n) is 20.1. The number of anilines is 1. The van der Waals surface area contributed by atoms with Crippen LogP contribution >= 0.6 is 0 Å². The highest BCUT2D eigenvalue weighted by Crippen LogP contribution is 2.36. The van der Waals surface area contributed by atoms with Gasteiger partial charge in [-0.2, -0.15) is 5.26 Å². The van der Waals surface area contributed by atoms with Gasteiger partial charge in [0.25, 0.3) is 0 Å². The highest BCUT2D eigenvalue weighted by atomic mass is 32.2. The smallest absolute Gasteiger partial charge is 0.245 e. The van der Waals surface area contributed by atoms with E-state index in [0.29, 0.717) is 38.8 Å². The summed E-state index contributed by atoms with van der Waals surface area (Å²) in [7, 11) is -3.25. The normalized spacial score (nSPS) is 28.6. The van der Waals surface area contributed by atoms with Crippen molar-refractivity contribution in [3.63, 3.8) is 0 Å². The minimum atomic E-state index is -3.25. The van der Waals surface area contributed by atoms with Crippen LogP contribution in [0.5, 0.6) is 0 Å². The first kappa shape index (κ1) is 24.5. The largest absolute Gasteiger partial charge is 0.365 e. The average molecular weight is 489 g/mol. The molecule has 3 aliphatic rings. The monoisotopic (exact) mass is 488 g/mol. The third kappa shape index (κ3) is 4.90. The van der Waals surface area contributed by atoms with Gasteiger partial charge in [-0.1, -0.05) is 6.42 Å². The molecule has 2 aliphatic carbocycles. The number of carbonyl (C=O) groups is 1. The number of hydrogen-bond donors (Lipinski definition) is 1. The molecule has 2 saturated carbocycles. The number of sulfone groups is 1. The van der Waals surface area contributed by atoms with Crippen molar-refractivity contribution in [2.45, 2.75) is 80.9 Å². The molecule has 1 aliphatic heterocycles. The van der Waals surface area contributed by atoms with Gasteiger partial charge in [0.2, 0.25) is 11.9 Å². The molecule has 1 aromatic rings. The van der Waals surface area contributed by atoms with Crippen LogP contribution in [-0.4, -0.2) is 67.1 Å². The van der Waals surface area contributed by atoms with Crippen LogP contribution in [0, 0.1) is 22.2 Å². The molecule has 2 unspecified atom stereocenters. The minimum absolute atomic E-state index is 0.0144. The van der Waals surface area contributed by atoms with Crippen LogP contribution < -0.4 is 10.3 Å². The summed E-state index contributed by atoms with van der Waals surface area (Å²) in [6.45, 7) is 5.23. The molecule has 0 radical (unpaired) electrons. The fraction of sp³-hybridized carbons (Fsp3) is 0.667. The first-order valence-corrected chi connectivity index (χ1v) is 14.0. The lowest BCUT2D eigenvalue weighted by Crippen LogP contribution is -2.61. The minimum Gasteiger partial charge on any atom is -0.365 e. The Hall–Kier alpha value is -2.67. The van der Waals surface area contributed by atoms with E-state index in [1.807, 2.05) is 24.0 Å². The number of nitroso groups, excluding NO2 is 1. The maximum Gasteiger partial charge on any atom is 0.245 e. The Morgan fingerprint density at radius 2 is 1.76 bits per heavy atom. The van der Waals surface area contributed by atoms with Crippen LogP contribution in [0.1, 0.15) is 52.4 Å². The molecule has 184 valence electrons. The molecule has 1 N–H and O–H groups in total. The molecule has 4 rings (SSSR count). The van der Waals surface area contributed by atoms with Crippen molar-refractivity contribution in [1.29, 1.82) is 5.26 Å². The van der Waals surface area contributed by atoms with Gasteiger partial charge < -0.3 is 9.80 Å². The third-order valence-corrected chi connectivity index (χ3v) is 8.63. The summed E-state index contributed by atoms with van der Waals surface area (Å²) in [4.78, 5) is 31.8. The lowest BCUT2D eigenvalue weighted by atomic mass is 9.83. The number of nitrogens with zero attached hydrogens (tertiary/aromatic N) is 4. The third-order valence-electron chi connectivity index (χ3n) is 7.50. The summed E-state index contributed by atoms with van der Waals surface area (Å²) in [6.07, 6.45) is 5.66. The number of carbonyl (C=O) groups excluding carboxylic acids is 1. The van der Waals surface area contributed by atoms with E-state index in [4.69, 9.17) is 0 Å². The summed E-state index contributed by atoms with van der Waals surface area (Å²) in [5, 5.41) is 9.33. The van der Waals surface area contributed by atoms with Crippen molar-refractivity contribution in [2.75, 3.05) is 24.2 Å². The Morgan fingerprint density at radius 3 is 2.35 bits per heavy atom. The van der Waals surface area contributed by atoms with E-state index in [2.05, 4.69) is 23.3 Å². The van der Waals surface area contributed by atoms with E-state index in [9.17, 15) is 23.4 Å². The summed E-state index contributed by atoms with van der Waals surface area (Å²) in [6, 6.07) is 8.59. The molecular formula is C24H34N5O4S+. The lowest BCUT2D eigenvalue weighted by Gasteiger charge is -2.46. The van der Waals surface area contributed by atoms with Crippen LogP contribution in [0.3, 0.4) is 0 Å². The van der Waals surface area contributed by atoms with Crippen molar-refractivity contribution < 1.29 is 18.1 Å². The Labute approximate surface area is 201 Å². The number of amides is 1. The van der Waals surface area contributed by atoms with Crippen LogP contribution in [0.15, 0.2) is 29.2 Å². The summed E-state index contributed by atoms with van der Waals surface area (Å²) in [5.74, 6) is -0.371. The number of benzene rings is 1. The molecular weight excluding hydrogens is 454 g/mol. The number of rotatable bonds is 6. The van der Waals surface area contributed by atoms with E-state index in [1.54, 1.807) is 12.1 Å². The number of hydrogen-bond acceptors (Lipinski definition) is 6. The second-order valence-corrected chi connectivity index (χ2v) is 12.2. The van der Waals surface area contributed by atoms with Crippen LogP contribution in [0.25, 0.3) is 0 Å². The quantitative estimate of drug-likeness (QED) is 0.483. The second-order valence-electron chi connectivity index (χ2n) is 10.2. The molecule has 1 aromatic carbocycles. The Morgan fingerprint density at radius 1 is 1.12 bits per heavy atom. The molecule has 0 spiro atoms. The Kier molecular flexibility index (Phi) is 6.60. The highest BCUT2D eigenvalue weighted by Gasteiger charge is 2.53. The number of nitriles is 1. The van der Waals surface area contributed by atoms with Gasteiger partial charge in [0, 0.05) is 43.5 Å². The molecule has 4 atom stereocenters.